The van der Waals surface area contributed by atoms with Gasteiger partial charge in [-0.3, -0.25) is 9.89 Å². The van der Waals surface area contributed by atoms with Gasteiger partial charge in [-0.1, -0.05) is 12.1 Å². The summed E-state index contributed by atoms with van der Waals surface area (Å²) in [7, 11) is 4.08. The Labute approximate surface area is 190 Å². The smallest absolute Gasteiger partial charge is 0.194 e. The van der Waals surface area contributed by atoms with Crippen LogP contribution in [0.3, 0.4) is 0 Å². The van der Waals surface area contributed by atoms with Crippen molar-refractivity contribution < 1.29 is 9.52 Å². The lowest BCUT2D eigenvalue weighted by Crippen LogP contribution is -2.52. The number of aromatic hydroxyl groups is 1. The predicted molar refractivity (Wildman–Crippen MR) is 128 cm³/mol. The number of hydrogen-bond acceptors (Lipinski definition) is 5. The van der Waals surface area contributed by atoms with E-state index in [1.807, 2.05) is 44.4 Å². The molecule has 29 heavy (non-hydrogen) atoms. The molecule has 1 fully saturated rings. The van der Waals surface area contributed by atoms with Crippen LogP contribution in [0.5, 0.6) is 5.75 Å². The average molecular weight is 513 g/mol. The van der Waals surface area contributed by atoms with E-state index in [1.54, 1.807) is 12.3 Å². The Kier molecular flexibility index (Phi) is 9.09. The van der Waals surface area contributed by atoms with Crippen molar-refractivity contribution in [3.05, 3.63) is 48.4 Å². The molecule has 7 nitrogen and oxygen atoms in total. The van der Waals surface area contributed by atoms with E-state index in [-0.39, 0.29) is 30.0 Å². The van der Waals surface area contributed by atoms with Gasteiger partial charge in [0.05, 0.1) is 24.5 Å². The number of guanidine groups is 1. The van der Waals surface area contributed by atoms with E-state index in [1.165, 1.54) is 0 Å². The summed E-state index contributed by atoms with van der Waals surface area (Å²) in [4.78, 5) is 11.5. The maximum absolute atomic E-state index is 10.1. The number of phenols is 1. The van der Waals surface area contributed by atoms with Crippen molar-refractivity contribution in [2.75, 3.05) is 58.3 Å². The topological polar surface area (TPSA) is 67.5 Å². The molecule has 1 atom stereocenters. The summed E-state index contributed by atoms with van der Waals surface area (Å²) < 4.78 is 5.59. The van der Waals surface area contributed by atoms with E-state index in [0.29, 0.717) is 12.3 Å². The van der Waals surface area contributed by atoms with Gasteiger partial charge in [0, 0.05) is 32.7 Å². The molecule has 1 aromatic heterocycles. The van der Waals surface area contributed by atoms with Crippen LogP contribution in [0.4, 0.5) is 5.69 Å². The van der Waals surface area contributed by atoms with Crippen molar-refractivity contribution in [3.8, 4) is 5.75 Å². The van der Waals surface area contributed by atoms with Crippen LogP contribution in [-0.4, -0.2) is 74.2 Å². The van der Waals surface area contributed by atoms with E-state index in [2.05, 4.69) is 26.9 Å². The summed E-state index contributed by atoms with van der Waals surface area (Å²) in [6.07, 6.45) is 1.71. The largest absolute Gasteiger partial charge is 0.506 e. The first-order valence-corrected chi connectivity index (χ1v) is 9.86. The molecular formula is C21H32IN5O2. The Balaban J connectivity index is 0.00000300. The molecule has 2 heterocycles. The first kappa shape index (κ1) is 23.3. The van der Waals surface area contributed by atoms with E-state index >= 15 is 0 Å². The second-order valence-electron chi connectivity index (χ2n) is 7.15. The van der Waals surface area contributed by atoms with Crippen LogP contribution in [0, 0.1) is 0 Å². The minimum absolute atomic E-state index is 0. The molecule has 1 unspecified atom stereocenters. The number of furan rings is 1. The first-order chi connectivity index (χ1) is 13.6. The highest BCUT2D eigenvalue weighted by atomic mass is 127. The lowest BCUT2D eigenvalue weighted by molar-refractivity contribution is 0.263. The zero-order valence-electron chi connectivity index (χ0n) is 17.4. The fourth-order valence-corrected chi connectivity index (χ4v) is 3.48. The minimum Gasteiger partial charge on any atom is -0.506 e. The van der Waals surface area contributed by atoms with Crippen molar-refractivity contribution in [3.63, 3.8) is 0 Å². The molecule has 2 N–H and O–H groups in total. The molecule has 3 rings (SSSR count). The van der Waals surface area contributed by atoms with Crippen LogP contribution >= 0.6 is 24.0 Å². The van der Waals surface area contributed by atoms with Crippen LogP contribution in [-0.2, 0) is 0 Å². The molecule has 0 aliphatic carbocycles. The lowest BCUT2D eigenvalue weighted by atomic mass is 10.2. The highest BCUT2D eigenvalue weighted by Gasteiger charge is 2.22. The Hall–Kier alpha value is -1.94. The van der Waals surface area contributed by atoms with Crippen LogP contribution < -0.4 is 10.2 Å². The molecule has 8 heteroatoms. The number of rotatable bonds is 6. The molecular weight excluding hydrogens is 481 g/mol. The summed E-state index contributed by atoms with van der Waals surface area (Å²) in [6.45, 7) is 6.94. The molecule has 1 aliphatic rings. The summed E-state index contributed by atoms with van der Waals surface area (Å²) in [5, 5.41) is 13.5. The van der Waals surface area contributed by atoms with Crippen LogP contribution in [0.25, 0.3) is 0 Å². The summed E-state index contributed by atoms with van der Waals surface area (Å²) in [5.74, 6) is 2.19. The number of nitrogens with zero attached hydrogens (tertiary/aromatic N) is 4. The summed E-state index contributed by atoms with van der Waals surface area (Å²) in [5.41, 5.74) is 0.898. The fraction of sp³-hybridized carbons (Fsp3) is 0.476. The molecule has 0 spiro atoms. The summed E-state index contributed by atoms with van der Waals surface area (Å²) >= 11 is 0. The Bertz CT molecular complexity index is 758. The fourth-order valence-electron chi connectivity index (χ4n) is 3.48. The number of phenolic OH excluding ortho intramolecular Hbond substituents is 1. The highest BCUT2D eigenvalue weighted by Crippen LogP contribution is 2.27. The molecule has 1 saturated heterocycles. The standard InChI is InChI=1S/C21H31N5O2.HI/c1-4-22-21(23-16-18(24(2)3)20-10-7-15-28-20)26-13-11-25(12-14-26)17-8-5-6-9-19(17)27;/h5-10,15,18,27H,4,11-14,16H2,1-3H3,(H,22,23);1H. The number of benzene rings is 1. The van der Waals surface area contributed by atoms with Crippen LogP contribution in [0.15, 0.2) is 52.1 Å². The third-order valence-electron chi connectivity index (χ3n) is 5.05. The summed E-state index contributed by atoms with van der Waals surface area (Å²) in [6, 6.07) is 11.5. The van der Waals surface area contributed by atoms with Crippen LogP contribution in [0.1, 0.15) is 18.7 Å². The quantitative estimate of drug-likeness (QED) is 0.352. The number of anilines is 1. The Morgan fingerprint density at radius 1 is 1.17 bits per heavy atom. The van der Waals surface area contributed by atoms with Gasteiger partial charge in [0.15, 0.2) is 5.96 Å². The molecule has 0 saturated carbocycles. The van der Waals surface area contributed by atoms with Gasteiger partial charge >= 0.3 is 0 Å². The minimum atomic E-state index is 0. The SMILES string of the molecule is CCNC(=NCC(c1ccco1)N(C)C)N1CCN(c2ccccc2O)CC1.I. The lowest BCUT2D eigenvalue weighted by Gasteiger charge is -2.38. The molecule has 0 radical (unpaired) electrons. The van der Waals surface area contributed by atoms with Gasteiger partial charge in [0.2, 0.25) is 0 Å². The van der Waals surface area contributed by atoms with Gasteiger partial charge in [0.1, 0.15) is 11.5 Å². The number of para-hydroxylation sites is 2. The first-order valence-electron chi connectivity index (χ1n) is 9.86. The zero-order chi connectivity index (χ0) is 19.9. The van der Waals surface area contributed by atoms with Crippen molar-refractivity contribution >= 4 is 35.6 Å². The van der Waals surface area contributed by atoms with Crippen LogP contribution in [0.2, 0.25) is 0 Å². The van der Waals surface area contributed by atoms with Crippen molar-refractivity contribution in [1.29, 1.82) is 0 Å². The third-order valence-corrected chi connectivity index (χ3v) is 5.05. The highest BCUT2D eigenvalue weighted by molar-refractivity contribution is 14.0. The second-order valence-corrected chi connectivity index (χ2v) is 7.15. The monoisotopic (exact) mass is 513 g/mol. The third kappa shape index (κ3) is 6.02. The molecule has 2 aromatic rings. The predicted octanol–water partition coefficient (Wildman–Crippen LogP) is 2.99. The van der Waals surface area contributed by atoms with E-state index in [4.69, 9.17) is 9.41 Å². The molecule has 0 bridgehead atoms. The Morgan fingerprint density at radius 3 is 2.48 bits per heavy atom. The van der Waals surface area contributed by atoms with Gasteiger partial charge in [-0.2, -0.15) is 0 Å². The van der Waals surface area contributed by atoms with Crippen molar-refractivity contribution in [2.45, 2.75) is 13.0 Å². The maximum atomic E-state index is 10.1. The van der Waals surface area contributed by atoms with E-state index in [9.17, 15) is 5.11 Å². The number of piperazine rings is 1. The van der Waals surface area contributed by atoms with Gasteiger partial charge in [-0.15, -0.1) is 24.0 Å². The number of nitrogens with one attached hydrogen (secondary N) is 1. The average Bonchev–Trinajstić information content (AvgIpc) is 3.22. The zero-order valence-corrected chi connectivity index (χ0v) is 19.7. The van der Waals surface area contributed by atoms with Gasteiger partial charge < -0.3 is 24.6 Å². The van der Waals surface area contributed by atoms with Crippen molar-refractivity contribution in [1.82, 2.24) is 15.1 Å². The molecule has 160 valence electrons. The maximum Gasteiger partial charge on any atom is 0.194 e. The Morgan fingerprint density at radius 2 is 1.90 bits per heavy atom. The molecule has 1 aromatic carbocycles. The number of likely N-dealkylation sites (N-methyl/N-ethyl adjacent to an activating group) is 1. The van der Waals surface area contributed by atoms with Gasteiger partial charge in [0.25, 0.3) is 0 Å². The number of hydrogen-bond donors (Lipinski definition) is 2. The van der Waals surface area contributed by atoms with Gasteiger partial charge in [-0.25, -0.2) is 0 Å². The second kappa shape index (κ2) is 11.3. The normalized spacial score (nSPS) is 15.9. The van der Waals surface area contributed by atoms with Gasteiger partial charge in [-0.05, 0) is 45.3 Å². The molecule has 1 aliphatic heterocycles. The van der Waals surface area contributed by atoms with E-state index < -0.39 is 0 Å². The van der Waals surface area contributed by atoms with E-state index in [0.717, 1.165) is 50.1 Å². The number of halogens is 1. The molecule has 0 amide bonds. The van der Waals surface area contributed by atoms with Crippen molar-refractivity contribution in [2.24, 2.45) is 4.99 Å². The number of aliphatic imine (C=N–C) groups is 1.